The summed E-state index contributed by atoms with van der Waals surface area (Å²) in [6.07, 6.45) is 5.31. The lowest BCUT2D eigenvalue weighted by molar-refractivity contribution is -0.148. The van der Waals surface area contributed by atoms with Gasteiger partial charge in [0.15, 0.2) is 0 Å². The number of amides is 2. The maximum Gasteiger partial charge on any atom is 0.309 e. The van der Waals surface area contributed by atoms with Crippen molar-refractivity contribution in [3.05, 3.63) is 96.6 Å². The van der Waals surface area contributed by atoms with Crippen LogP contribution in [-0.2, 0) is 38.5 Å². The second-order valence-electron chi connectivity index (χ2n) is 9.63. The molecule has 2 amide bonds. The monoisotopic (exact) mass is 518 g/mol. The summed E-state index contributed by atoms with van der Waals surface area (Å²) in [6, 6.07) is 17.3. The number of rotatable bonds is 14. The zero-order chi connectivity index (χ0) is 27.3. The lowest BCUT2D eigenvalue weighted by Crippen LogP contribution is -2.47. The number of fused-ring (bicyclic) bond motifs is 1. The number of esters is 1. The second kappa shape index (κ2) is 14.9. The van der Waals surface area contributed by atoms with Gasteiger partial charge in [0.25, 0.3) is 0 Å². The fourth-order valence-electron chi connectivity index (χ4n) is 4.81. The third kappa shape index (κ3) is 8.15. The van der Waals surface area contributed by atoms with E-state index >= 15 is 0 Å². The van der Waals surface area contributed by atoms with E-state index in [-0.39, 0.29) is 55.9 Å². The number of aliphatic hydroxyl groups excluding tert-OH is 1. The van der Waals surface area contributed by atoms with Gasteiger partial charge in [-0.25, -0.2) is 0 Å². The number of benzene rings is 2. The van der Waals surface area contributed by atoms with E-state index < -0.39 is 5.92 Å². The van der Waals surface area contributed by atoms with Gasteiger partial charge in [0, 0.05) is 13.0 Å². The lowest BCUT2D eigenvalue weighted by Gasteiger charge is -2.36. The van der Waals surface area contributed by atoms with Gasteiger partial charge >= 0.3 is 5.97 Å². The Morgan fingerprint density at radius 2 is 1.66 bits per heavy atom. The molecule has 7 nitrogen and oxygen atoms in total. The van der Waals surface area contributed by atoms with Crippen molar-refractivity contribution in [3.8, 4) is 0 Å². The van der Waals surface area contributed by atoms with Gasteiger partial charge in [-0.1, -0.05) is 66.7 Å². The van der Waals surface area contributed by atoms with E-state index in [9.17, 15) is 19.5 Å². The molecule has 3 atom stereocenters. The van der Waals surface area contributed by atoms with Gasteiger partial charge < -0.3 is 20.1 Å². The van der Waals surface area contributed by atoms with Gasteiger partial charge in [-0.15, -0.1) is 13.2 Å². The number of carbonyl (C=O) groups excluding carboxylic acids is 3. The van der Waals surface area contributed by atoms with Gasteiger partial charge in [0.05, 0.1) is 31.0 Å². The Kier molecular flexibility index (Phi) is 11.3. The molecule has 0 saturated carbocycles. The Bertz CT molecular complexity index is 1100. The predicted octanol–water partition coefficient (Wildman–Crippen LogP) is 3.61. The number of nitrogens with zero attached hydrogens (tertiary/aromatic N) is 1. The van der Waals surface area contributed by atoms with E-state index in [1.165, 1.54) is 0 Å². The van der Waals surface area contributed by atoms with Gasteiger partial charge in [-0.2, -0.15) is 0 Å². The molecule has 0 radical (unpaired) electrons. The van der Waals surface area contributed by atoms with Crippen LogP contribution in [0.15, 0.2) is 79.9 Å². The molecule has 0 bridgehead atoms. The number of hydrogen-bond donors (Lipinski definition) is 2. The van der Waals surface area contributed by atoms with Crippen LogP contribution in [0.2, 0.25) is 0 Å². The summed E-state index contributed by atoms with van der Waals surface area (Å²) >= 11 is 0. The highest BCUT2D eigenvalue weighted by atomic mass is 16.5. The number of nitrogens with one attached hydrogen (secondary N) is 1. The molecular formula is C31H38N2O5. The standard InChI is InChI=1S/C31H38N2O5/c1-3-10-25(20-29(35)33-21-27-15-9-8-14-24(27)19-28(33)22-34)30(36)32-16-17-38-31(37)26(11-4-2)18-23-12-6-5-7-13-23/h3-9,12-15,25-26,28,34H,1-2,10-11,16-22H2,(H,32,36)/t25-,26-,28+/m1/s1. The first-order valence-electron chi connectivity index (χ1n) is 13.1. The topological polar surface area (TPSA) is 95.9 Å². The van der Waals surface area contributed by atoms with Gasteiger partial charge in [0.2, 0.25) is 11.8 Å². The molecule has 0 fully saturated rings. The first-order chi connectivity index (χ1) is 18.5. The molecular weight excluding hydrogens is 480 g/mol. The largest absolute Gasteiger partial charge is 0.464 e. The quantitative estimate of drug-likeness (QED) is 0.226. The van der Waals surface area contributed by atoms with Crippen molar-refractivity contribution in [2.45, 2.75) is 44.7 Å². The van der Waals surface area contributed by atoms with E-state index in [0.717, 1.165) is 16.7 Å². The molecule has 202 valence electrons. The second-order valence-corrected chi connectivity index (χ2v) is 9.63. The van der Waals surface area contributed by atoms with Crippen molar-refractivity contribution >= 4 is 17.8 Å². The van der Waals surface area contributed by atoms with Crippen molar-refractivity contribution < 1.29 is 24.2 Å². The Labute approximate surface area is 225 Å². The molecule has 0 spiro atoms. The van der Waals surface area contributed by atoms with Crippen LogP contribution in [-0.4, -0.2) is 53.6 Å². The average Bonchev–Trinajstić information content (AvgIpc) is 2.94. The molecule has 38 heavy (non-hydrogen) atoms. The minimum absolute atomic E-state index is 0.00872. The molecule has 2 aromatic carbocycles. The molecule has 0 saturated heterocycles. The van der Waals surface area contributed by atoms with Crippen LogP contribution < -0.4 is 5.32 Å². The van der Waals surface area contributed by atoms with Crippen LogP contribution in [0.1, 0.15) is 36.0 Å². The normalized spacial score (nSPS) is 16.0. The Balaban J connectivity index is 1.50. The van der Waals surface area contributed by atoms with E-state index in [2.05, 4.69) is 18.5 Å². The number of aliphatic hydroxyl groups is 1. The van der Waals surface area contributed by atoms with Gasteiger partial charge in [-0.3, -0.25) is 14.4 Å². The highest BCUT2D eigenvalue weighted by Gasteiger charge is 2.31. The fraction of sp³-hybridized carbons (Fsp3) is 0.387. The Morgan fingerprint density at radius 3 is 2.34 bits per heavy atom. The van der Waals surface area contributed by atoms with E-state index in [0.29, 0.717) is 32.2 Å². The van der Waals surface area contributed by atoms with Gasteiger partial charge in [0.1, 0.15) is 6.61 Å². The molecule has 2 aromatic rings. The van der Waals surface area contributed by atoms with Crippen LogP contribution in [0.3, 0.4) is 0 Å². The SMILES string of the molecule is C=CC[C@H](CC(=O)N1Cc2ccccc2C[C@H]1CO)C(=O)NCCOC(=O)[C@H](CC=C)Cc1ccccc1. The van der Waals surface area contributed by atoms with E-state index in [4.69, 9.17) is 4.74 Å². The van der Waals surface area contributed by atoms with Crippen molar-refractivity contribution in [3.63, 3.8) is 0 Å². The molecule has 1 heterocycles. The molecule has 2 N–H and O–H groups in total. The Hall–Kier alpha value is -3.71. The number of ether oxygens (including phenoxy) is 1. The fourth-order valence-corrected chi connectivity index (χ4v) is 4.81. The smallest absolute Gasteiger partial charge is 0.309 e. The summed E-state index contributed by atoms with van der Waals surface area (Å²) in [7, 11) is 0. The summed E-state index contributed by atoms with van der Waals surface area (Å²) in [5, 5.41) is 12.7. The zero-order valence-corrected chi connectivity index (χ0v) is 21.9. The number of allylic oxidation sites excluding steroid dienone is 2. The third-order valence-electron chi connectivity index (χ3n) is 6.88. The predicted molar refractivity (Wildman–Crippen MR) is 147 cm³/mol. The van der Waals surface area contributed by atoms with Crippen molar-refractivity contribution in [2.75, 3.05) is 19.8 Å². The van der Waals surface area contributed by atoms with Crippen molar-refractivity contribution in [1.29, 1.82) is 0 Å². The highest BCUT2D eigenvalue weighted by molar-refractivity contribution is 5.86. The van der Waals surface area contributed by atoms with Crippen molar-refractivity contribution in [2.24, 2.45) is 11.8 Å². The van der Waals surface area contributed by atoms with Gasteiger partial charge in [-0.05, 0) is 42.4 Å². The van der Waals surface area contributed by atoms with E-state index in [1.54, 1.807) is 17.1 Å². The first kappa shape index (κ1) is 28.9. The summed E-state index contributed by atoms with van der Waals surface area (Å²) in [6.45, 7) is 7.93. The first-order valence-corrected chi connectivity index (χ1v) is 13.1. The number of hydrogen-bond acceptors (Lipinski definition) is 5. The summed E-state index contributed by atoms with van der Waals surface area (Å²) in [5.41, 5.74) is 3.23. The maximum absolute atomic E-state index is 13.2. The summed E-state index contributed by atoms with van der Waals surface area (Å²) in [4.78, 5) is 40.4. The molecule has 7 heteroatoms. The average molecular weight is 519 g/mol. The lowest BCUT2D eigenvalue weighted by atomic mass is 9.92. The minimum atomic E-state index is -0.598. The van der Waals surface area contributed by atoms with E-state index in [1.807, 2.05) is 54.6 Å². The van der Waals surface area contributed by atoms with Crippen LogP contribution >= 0.6 is 0 Å². The van der Waals surface area contributed by atoms with Crippen LogP contribution in [0.25, 0.3) is 0 Å². The molecule has 0 unspecified atom stereocenters. The molecule has 3 rings (SSSR count). The van der Waals surface area contributed by atoms with Crippen LogP contribution in [0, 0.1) is 11.8 Å². The highest BCUT2D eigenvalue weighted by Crippen LogP contribution is 2.25. The van der Waals surface area contributed by atoms with Crippen LogP contribution in [0.5, 0.6) is 0 Å². The third-order valence-corrected chi connectivity index (χ3v) is 6.88. The summed E-state index contributed by atoms with van der Waals surface area (Å²) in [5.74, 6) is -1.75. The van der Waals surface area contributed by atoms with Crippen LogP contribution in [0.4, 0.5) is 0 Å². The maximum atomic E-state index is 13.2. The molecule has 0 aromatic heterocycles. The number of carbonyl (C=O) groups is 3. The zero-order valence-electron chi connectivity index (χ0n) is 21.9. The molecule has 1 aliphatic rings. The molecule has 0 aliphatic carbocycles. The summed E-state index contributed by atoms with van der Waals surface area (Å²) < 4.78 is 5.43. The minimum Gasteiger partial charge on any atom is -0.464 e. The Morgan fingerprint density at radius 1 is 1.00 bits per heavy atom. The molecule has 1 aliphatic heterocycles. The van der Waals surface area contributed by atoms with Crippen molar-refractivity contribution in [1.82, 2.24) is 10.2 Å².